The molecule has 3 aromatic rings. The van der Waals surface area contributed by atoms with Crippen molar-refractivity contribution in [3.05, 3.63) is 71.9 Å². The fourth-order valence-corrected chi connectivity index (χ4v) is 3.81. The summed E-state index contributed by atoms with van der Waals surface area (Å²) in [7, 11) is 0. The summed E-state index contributed by atoms with van der Waals surface area (Å²) in [5.41, 5.74) is 2.97. The van der Waals surface area contributed by atoms with Crippen LogP contribution in [-0.4, -0.2) is 23.1 Å². The molecule has 0 saturated carbocycles. The molecule has 122 valence electrons. The number of rotatable bonds is 3. The van der Waals surface area contributed by atoms with Gasteiger partial charge in [-0.2, -0.15) is 0 Å². The lowest BCUT2D eigenvalue weighted by molar-refractivity contribution is 0.0964. The Morgan fingerprint density at radius 3 is 2.62 bits per heavy atom. The van der Waals surface area contributed by atoms with E-state index in [2.05, 4.69) is 24.4 Å². The maximum absolute atomic E-state index is 13.0. The number of nitrogens with one attached hydrogen (secondary N) is 1. The number of benzene rings is 2. The molecule has 2 aromatic carbocycles. The summed E-state index contributed by atoms with van der Waals surface area (Å²) in [5, 5.41) is 4.78. The number of carbonyl (C=O) groups excluding carboxylic acids is 1. The zero-order chi connectivity index (χ0) is 16.5. The first-order valence-corrected chi connectivity index (χ1v) is 8.69. The maximum Gasteiger partial charge on any atom is 0.262 e. The molecule has 1 N–H and O–H groups in total. The zero-order valence-electron chi connectivity index (χ0n) is 13.9. The zero-order valence-corrected chi connectivity index (χ0v) is 13.9. The van der Waals surface area contributed by atoms with Crippen LogP contribution in [0.15, 0.2) is 60.8 Å². The molecule has 0 spiro atoms. The lowest BCUT2D eigenvalue weighted by atomic mass is 9.92. The van der Waals surface area contributed by atoms with Crippen molar-refractivity contribution in [3.8, 4) is 0 Å². The number of carbonyl (C=O) groups is 1. The van der Waals surface area contributed by atoms with E-state index >= 15 is 0 Å². The maximum atomic E-state index is 13.0. The number of fused-ring (bicyclic) bond motifs is 1. The van der Waals surface area contributed by atoms with Gasteiger partial charge in [-0.3, -0.25) is 9.36 Å². The van der Waals surface area contributed by atoms with Crippen LogP contribution in [0.5, 0.6) is 0 Å². The van der Waals surface area contributed by atoms with E-state index in [1.165, 1.54) is 23.8 Å². The highest BCUT2D eigenvalue weighted by atomic mass is 16.2. The van der Waals surface area contributed by atoms with Crippen molar-refractivity contribution in [2.45, 2.75) is 31.7 Å². The van der Waals surface area contributed by atoms with Gasteiger partial charge in [-0.1, -0.05) is 43.3 Å². The second kappa shape index (κ2) is 6.25. The highest BCUT2D eigenvalue weighted by Crippen LogP contribution is 2.32. The molecule has 2 unspecified atom stereocenters. The average molecular weight is 318 g/mol. The highest BCUT2D eigenvalue weighted by Gasteiger charge is 2.26. The molecule has 0 amide bonds. The number of para-hydroxylation sites is 1. The molecular weight excluding hydrogens is 296 g/mol. The third-order valence-electron chi connectivity index (χ3n) is 5.17. The molecule has 4 rings (SSSR count). The fraction of sp³-hybridized carbons (Fsp3) is 0.286. The summed E-state index contributed by atoms with van der Waals surface area (Å²) in [5.74, 6) is 0.423. The van der Waals surface area contributed by atoms with Crippen LogP contribution in [0.2, 0.25) is 0 Å². The van der Waals surface area contributed by atoms with Crippen LogP contribution in [0.25, 0.3) is 10.9 Å². The average Bonchev–Trinajstić information content (AvgIpc) is 3.29. The first kappa shape index (κ1) is 15.2. The second-order valence-electron chi connectivity index (χ2n) is 6.63. The largest absolute Gasteiger partial charge is 0.313 e. The molecule has 1 aliphatic rings. The van der Waals surface area contributed by atoms with Crippen LogP contribution in [0.3, 0.4) is 0 Å². The van der Waals surface area contributed by atoms with Crippen molar-refractivity contribution in [1.29, 1.82) is 0 Å². The minimum Gasteiger partial charge on any atom is -0.313 e. The minimum absolute atomic E-state index is 0.0321. The Morgan fingerprint density at radius 2 is 1.88 bits per heavy atom. The first-order chi connectivity index (χ1) is 11.8. The van der Waals surface area contributed by atoms with Gasteiger partial charge in [-0.05, 0) is 49.1 Å². The van der Waals surface area contributed by atoms with Gasteiger partial charge in [0.25, 0.3) is 5.91 Å². The van der Waals surface area contributed by atoms with E-state index < -0.39 is 0 Å². The summed E-state index contributed by atoms with van der Waals surface area (Å²) < 4.78 is 1.81. The van der Waals surface area contributed by atoms with Gasteiger partial charge in [0.15, 0.2) is 0 Å². The molecule has 0 radical (unpaired) electrons. The van der Waals surface area contributed by atoms with Crippen molar-refractivity contribution in [2.75, 3.05) is 6.54 Å². The molecule has 0 aliphatic carbocycles. The van der Waals surface area contributed by atoms with Crippen LogP contribution in [-0.2, 0) is 0 Å². The summed E-state index contributed by atoms with van der Waals surface area (Å²) >= 11 is 0. The van der Waals surface area contributed by atoms with Crippen LogP contribution in [0, 0.1) is 0 Å². The van der Waals surface area contributed by atoms with Gasteiger partial charge >= 0.3 is 0 Å². The van der Waals surface area contributed by atoms with E-state index in [-0.39, 0.29) is 5.91 Å². The quantitative estimate of drug-likeness (QED) is 0.786. The third-order valence-corrected chi connectivity index (χ3v) is 5.17. The van der Waals surface area contributed by atoms with Crippen molar-refractivity contribution in [2.24, 2.45) is 0 Å². The van der Waals surface area contributed by atoms with Crippen LogP contribution >= 0.6 is 0 Å². The molecule has 24 heavy (non-hydrogen) atoms. The summed E-state index contributed by atoms with van der Waals surface area (Å²) in [6, 6.07) is 18.2. The van der Waals surface area contributed by atoms with Crippen LogP contribution in [0.1, 0.15) is 41.6 Å². The standard InChI is InChI=1S/C21H22N2O/c1-15(19-11-7-13-22-19)18-14-23(20-12-6-5-10-17(18)20)21(24)16-8-3-2-4-9-16/h2-6,8-10,12,14-15,19,22H,7,11,13H2,1H3. The second-order valence-corrected chi connectivity index (χ2v) is 6.63. The Hall–Kier alpha value is -2.39. The normalized spacial score (nSPS) is 18.8. The van der Waals surface area contributed by atoms with E-state index in [0.29, 0.717) is 12.0 Å². The topological polar surface area (TPSA) is 34.0 Å². The summed E-state index contributed by atoms with van der Waals surface area (Å²) in [6.07, 6.45) is 4.48. The summed E-state index contributed by atoms with van der Waals surface area (Å²) in [4.78, 5) is 13.0. The van der Waals surface area contributed by atoms with E-state index in [4.69, 9.17) is 0 Å². The molecule has 1 aromatic heterocycles. The smallest absolute Gasteiger partial charge is 0.262 e. The predicted octanol–water partition coefficient (Wildman–Crippen LogP) is 4.19. The number of hydrogen-bond acceptors (Lipinski definition) is 2. The lowest BCUT2D eigenvalue weighted by Crippen LogP contribution is -2.27. The van der Waals surface area contributed by atoms with E-state index in [1.54, 1.807) is 0 Å². The van der Waals surface area contributed by atoms with Gasteiger partial charge in [0.05, 0.1) is 5.52 Å². The van der Waals surface area contributed by atoms with Crippen LogP contribution < -0.4 is 5.32 Å². The molecule has 0 bridgehead atoms. The molecule has 1 fully saturated rings. The highest BCUT2D eigenvalue weighted by molar-refractivity contribution is 6.03. The Bertz CT molecular complexity index is 860. The van der Waals surface area contributed by atoms with Gasteiger partial charge in [0.2, 0.25) is 0 Å². The van der Waals surface area contributed by atoms with E-state index in [9.17, 15) is 4.79 Å². The Balaban J connectivity index is 1.81. The minimum atomic E-state index is 0.0321. The molecule has 1 saturated heterocycles. The van der Waals surface area contributed by atoms with E-state index in [0.717, 1.165) is 17.6 Å². The van der Waals surface area contributed by atoms with Crippen molar-refractivity contribution >= 4 is 16.8 Å². The van der Waals surface area contributed by atoms with E-state index in [1.807, 2.05) is 53.2 Å². The Labute approximate surface area is 142 Å². The lowest BCUT2D eigenvalue weighted by Gasteiger charge is -2.18. The van der Waals surface area contributed by atoms with Crippen molar-refractivity contribution < 1.29 is 4.79 Å². The molecule has 3 heteroatoms. The Morgan fingerprint density at radius 1 is 1.12 bits per heavy atom. The number of hydrogen-bond donors (Lipinski definition) is 1. The van der Waals surface area contributed by atoms with Gasteiger partial charge in [-0.15, -0.1) is 0 Å². The van der Waals surface area contributed by atoms with Gasteiger partial charge in [0.1, 0.15) is 0 Å². The fourth-order valence-electron chi connectivity index (χ4n) is 3.81. The number of aromatic nitrogens is 1. The molecule has 3 nitrogen and oxygen atoms in total. The van der Waals surface area contributed by atoms with Gasteiger partial charge < -0.3 is 5.32 Å². The SMILES string of the molecule is CC(c1cn(C(=O)c2ccccc2)c2ccccc12)C1CCCN1. The van der Waals surface area contributed by atoms with Crippen molar-refractivity contribution in [3.63, 3.8) is 0 Å². The van der Waals surface area contributed by atoms with Gasteiger partial charge in [-0.25, -0.2) is 0 Å². The monoisotopic (exact) mass is 318 g/mol. The summed E-state index contributed by atoms with van der Waals surface area (Å²) in [6.45, 7) is 3.36. The molecule has 1 aliphatic heterocycles. The first-order valence-electron chi connectivity index (χ1n) is 8.69. The molecular formula is C21H22N2O. The molecule has 2 heterocycles. The number of nitrogens with zero attached hydrogens (tertiary/aromatic N) is 1. The Kier molecular flexibility index (Phi) is 3.95. The predicted molar refractivity (Wildman–Crippen MR) is 97.5 cm³/mol. The van der Waals surface area contributed by atoms with Gasteiger partial charge in [0, 0.05) is 23.2 Å². The van der Waals surface area contributed by atoms with Crippen molar-refractivity contribution in [1.82, 2.24) is 9.88 Å². The molecule has 2 atom stereocenters. The third kappa shape index (κ3) is 2.55. The van der Waals surface area contributed by atoms with Crippen LogP contribution in [0.4, 0.5) is 0 Å².